The van der Waals surface area contributed by atoms with Crippen molar-refractivity contribution in [2.75, 3.05) is 0 Å². The van der Waals surface area contributed by atoms with E-state index in [1.54, 1.807) is 6.33 Å². The molecule has 0 radical (unpaired) electrons. The van der Waals surface area contributed by atoms with Gasteiger partial charge in [-0.15, -0.1) is 5.54 Å². The van der Waals surface area contributed by atoms with Crippen LogP contribution in [-0.4, -0.2) is 23.0 Å². The first-order valence-electron chi connectivity index (χ1n) is 9.28. The SMILES string of the molecule is C[Si](C)(C)C#Cc1cccc(-c2ncccc2-c2ccc3ncncc3c2)c1. The molecule has 0 bridgehead atoms. The minimum atomic E-state index is -1.41. The van der Waals surface area contributed by atoms with E-state index >= 15 is 0 Å². The van der Waals surface area contributed by atoms with Gasteiger partial charge in [-0.3, -0.25) is 4.98 Å². The van der Waals surface area contributed by atoms with Gasteiger partial charge in [0.2, 0.25) is 0 Å². The van der Waals surface area contributed by atoms with E-state index in [-0.39, 0.29) is 0 Å². The van der Waals surface area contributed by atoms with Crippen molar-refractivity contribution < 1.29 is 0 Å². The second kappa shape index (κ2) is 7.38. The van der Waals surface area contributed by atoms with Crippen molar-refractivity contribution in [1.29, 1.82) is 0 Å². The van der Waals surface area contributed by atoms with Crippen LogP contribution in [0.15, 0.2) is 73.3 Å². The second-order valence-electron chi connectivity index (χ2n) is 7.78. The molecule has 2 aromatic heterocycles. The highest BCUT2D eigenvalue weighted by Gasteiger charge is 2.11. The van der Waals surface area contributed by atoms with Gasteiger partial charge in [0.15, 0.2) is 0 Å². The van der Waals surface area contributed by atoms with Crippen LogP contribution in [0.4, 0.5) is 0 Å². The van der Waals surface area contributed by atoms with Gasteiger partial charge in [0.25, 0.3) is 0 Å². The number of pyridine rings is 1. The molecule has 4 heteroatoms. The van der Waals surface area contributed by atoms with Crippen LogP contribution in [0.1, 0.15) is 5.56 Å². The number of rotatable bonds is 2. The number of hydrogen-bond acceptors (Lipinski definition) is 3. The largest absolute Gasteiger partial charge is 0.256 e. The number of fused-ring (bicyclic) bond motifs is 1. The summed E-state index contributed by atoms with van der Waals surface area (Å²) in [7, 11) is -1.41. The Bertz CT molecular complexity index is 1210. The van der Waals surface area contributed by atoms with E-state index in [2.05, 4.69) is 88.5 Å². The quantitative estimate of drug-likeness (QED) is 0.337. The van der Waals surface area contributed by atoms with Crippen LogP contribution in [0.2, 0.25) is 19.6 Å². The summed E-state index contributed by atoms with van der Waals surface area (Å²) in [4.78, 5) is 13.1. The molecule has 0 unspecified atom stereocenters. The van der Waals surface area contributed by atoms with Crippen LogP contribution in [0, 0.1) is 11.5 Å². The number of aromatic nitrogens is 3. The lowest BCUT2D eigenvalue weighted by atomic mass is 9.97. The highest BCUT2D eigenvalue weighted by molar-refractivity contribution is 6.83. The Morgan fingerprint density at radius 1 is 0.857 bits per heavy atom. The Hall–Kier alpha value is -3.29. The second-order valence-corrected chi connectivity index (χ2v) is 12.5. The van der Waals surface area contributed by atoms with Crippen molar-refractivity contribution in [3.05, 3.63) is 78.9 Å². The van der Waals surface area contributed by atoms with Gasteiger partial charge in [0.05, 0.1) is 11.2 Å². The molecule has 0 N–H and O–H groups in total. The Kier molecular flexibility index (Phi) is 4.77. The molecule has 4 rings (SSSR count). The zero-order valence-corrected chi connectivity index (χ0v) is 17.3. The minimum absolute atomic E-state index is 0.938. The van der Waals surface area contributed by atoms with Gasteiger partial charge in [-0.2, -0.15) is 0 Å². The predicted molar refractivity (Wildman–Crippen MR) is 118 cm³/mol. The molecule has 0 aliphatic heterocycles. The summed E-state index contributed by atoms with van der Waals surface area (Å²) in [6.07, 6.45) is 5.25. The number of hydrogen-bond donors (Lipinski definition) is 0. The lowest BCUT2D eigenvalue weighted by molar-refractivity contribution is 1.22. The van der Waals surface area contributed by atoms with E-state index in [0.717, 1.165) is 38.9 Å². The highest BCUT2D eigenvalue weighted by Crippen LogP contribution is 2.31. The van der Waals surface area contributed by atoms with E-state index in [1.807, 2.05) is 24.5 Å². The molecule has 2 aromatic carbocycles. The summed E-state index contributed by atoms with van der Waals surface area (Å²) in [5, 5.41) is 1.02. The maximum absolute atomic E-state index is 4.68. The maximum Gasteiger partial charge on any atom is 0.129 e. The third-order valence-electron chi connectivity index (χ3n) is 4.34. The van der Waals surface area contributed by atoms with Crippen LogP contribution >= 0.6 is 0 Å². The Labute approximate surface area is 166 Å². The highest BCUT2D eigenvalue weighted by atomic mass is 28.3. The molecule has 0 atom stereocenters. The normalized spacial score (nSPS) is 11.1. The Morgan fingerprint density at radius 3 is 2.61 bits per heavy atom. The number of benzene rings is 2. The van der Waals surface area contributed by atoms with Crippen LogP contribution in [0.25, 0.3) is 33.3 Å². The van der Waals surface area contributed by atoms with Gasteiger partial charge in [0, 0.05) is 34.5 Å². The summed E-state index contributed by atoms with van der Waals surface area (Å²) >= 11 is 0. The fourth-order valence-electron chi connectivity index (χ4n) is 3.02. The van der Waals surface area contributed by atoms with Gasteiger partial charge < -0.3 is 0 Å². The molecule has 0 fully saturated rings. The average molecular weight is 380 g/mol. The predicted octanol–water partition coefficient (Wildman–Crippen LogP) is 5.59. The first-order valence-corrected chi connectivity index (χ1v) is 12.8. The molecule has 136 valence electrons. The molecule has 0 amide bonds. The van der Waals surface area contributed by atoms with E-state index in [0.29, 0.717) is 0 Å². The molecule has 0 saturated carbocycles. The monoisotopic (exact) mass is 379 g/mol. The zero-order chi connectivity index (χ0) is 19.6. The minimum Gasteiger partial charge on any atom is -0.256 e. The van der Waals surface area contributed by atoms with E-state index in [9.17, 15) is 0 Å². The lowest BCUT2D eigenvalue weighted by Gasteiger charge is -2.10. The summed E-state index contributed by atoms with van der Waals surface area (Å²) in [5.74, 6) is 3.35. The van der Waals surface area contributed by atoms with Gasteiger partial charge in [0.1, 0.15) is 14.4 Å². The van der Waals surface area contributed by atoms with E-state index in [1.165, 1.54) is 0 Å². The molecule has 0 aliphatic carbocycles. The molecule has 0 spiro atoms. The van der Waals surface area contributed by atoms with Crippen LogP contribution < -0.4 is 0 Å². The van der Waals surface area contributed by atoms with Gasteiger partial charge in [-0.05, 0) is 35.9 Å². The molecule has 4 aromatic rings. The van der Waals surface area contributed by atoms with Gasteiger partial charge in [-0.1, -0.05) is 49.8 Å². The molecule has 0 aliphatic rings. The summed E-state index contributed by atoms with van der Waals surface area (Å²) in [6, 6.07) is 18.6. The van der Waals surface area contributed by atoms with Crippen molar-refractivity contribution in [3.8, 4) is 33.8 Å². The van der Waals surface area contributed by atoms with Crippen molar-refractivity contribution in [2.24, 2.45) is 0 Å². The van der Waals surface area contributed by atoms with Gasteiger partial charge >= 0.3 is 0 Å². The molecular formula is C24H21N3Si. The van der Waals surface area contributed by atoms with Gasteiger partial charge in [-0.25, -0.2) is 9.97 Å². The smallest absolute Gasteiger partial charge is 0.129 e. The first-order chi connectivity index (χ1) is 13.5. The summed E-state index contributed by atoms with van der Waals surface area (Å²) < 4.78 is 0. The molecule has 2 heterocycles. The van der Waals surface area contributed by atoms with Crippen LogP contribution in [0.5, 0.6) is 0 Å². The third-order valence-corrected chi connectivity index (χ3v) is 5.22. The fraction of sp³-hybridized carbons (Fsp3) is 0.125. The van der Waals surface area contributed by atoms with Crippen molar-refractivity contribution in [3.63, 3.8) is 0 Å². The fourth-order valence-corrected chi connectivity index (χ4v) is 3.54. The van der Waals surface area contributed by atoms with E-state index in [4.69, 9.17) is 0 Å². The lowest BCUT2D eigenvalue weighted by Crippen LogP contribution is -2.16. The van der Waals surface area contributed by atoms with Crippen molar-refractivity contribution in [2.45, 2.75) is 19.6 Å². The average Bonchev–Trinajstić information content (AvgIpc) is 2.72. The Balaban J connectivity index is 1.80. The topological polar surface area (TPSA) is 38.7 Å². The number of nitrogens with zero attached hydrogens (tertiary/aromatic N) is 3. The zero-order valence-electron chi connectivity index (χ0n) is 16.3. The first kappa shape index (κ1) is 18.1. The Morgan fingerprint density at radius 2 is 1.75 bits per heavy atom. The maximum atomic E-state index is 4.68. The third kappa shape index (κ3) is 4.00. The van der Waals surface area contributed by atoms with E-state index < -0.39 is 8.07 Å². The summed E-state index contributed by atoms with van der Waals surface area (Å²) in [6.45, 7) is 6.76. The van der Waals surface area contributed by atoms with Crippen molar-refractivity contribution >= 4 is 19.0 Å². The van der Waals surface area contributed by atoms with Crippen LogP contribution in [0.3, 0.4) is 0 Å². The molecule has 0 saturated heterocycles. The molecular weight excluding hydrogens is 358 g/mol. The van der Waals surface area contributed by atoms with Crippen LogP contribution in [-0.2, 0) is 0 Å². The molecule has 28 heavy (non-hydrogen) atoms. The van der Waals surface area contributed by atoms with Crippen molar-refractivity contribution in [1.82, 2.24) is 15.0 Å². The molecule has 3 nitrogen and oxygen atoms in total. The standard InChI is InChI=1S/C24H21N3Si/c1-28(2,3)13-11-18-6-4-7-20(14-18)24-22(8-5-12-26-24)19-9-10-23-21(15-19)16-25-17-27-23/h4-10,12,14-17H,1-3H3. The summed E-state index contributed by atoms with van der Waals surface area (Å²) in [5.41, 5.74) is 9.62.